The van der Waals surface area contributed by atoms with E-state index in [1.165, 1.54) is 7.11 Å². The molecule has 29 heavy (non-hydrogen) atoms. The van der Waals surface area contributed by atoms with E-state index in [0.29, 0.717) is 25.9 Å². The zero-order valence-corrected chi connectivity index (χ0v) is 16.8. The summed E-state index contributed by atoms with van der Waals surface area (Å²) >= 11 is 0. The molecule has 3 rings (SSSR count). The molecule has 7 heteroatoms. The number of benzene rings is 1. The van der Waals surface area contributed by atoms with Gasteiger partial charge in [-0.2, -0.15) is 0 Å². The molecule has 1 fully saturated rings. The molecular weight excluding hydrogens is 374 g/mol. The smallest absolute Gasteiger partial charge is 0.330 e. The van der Waals surface area contributed by atoms with E-state index in [1.807, 2.05) is 24.3 Å². The van der Waals surface area contributed by atoms with Gasteiger partial charge in [0, 0.05) is 26.6 Å². The number of ether oxygens (including phenoxy) is 1. The Kier molecular flexibility index (Phi) is 6.27. The third-order valence-corrected chi connectivity index (χ3v) is 6.56. The van der Waals surface area contributed by atoms with Crippen molar-refractivity contribution in [2.24, 2.45) is 11.3 Å². The maximum absolute atomic E-state index is 13.4. The number of hydrogen-bond acceptors (Lipinski definition) is 4. The highest BCUT2D eigenvalue weighted by atomic mass is 16.5. The fourth-order valence-corrected chi connectivity index (χ4v) is 4.88. The van der Waals surface area contributed by atoms with E-state index < -0.39 is 28.8 Å². The van der Waals surface area contributed by atoms with Gasteiger partial charge in [-0.15, -0.1) is 0 Å². The third-order valence-electron chi connectivity index (χ3n) is 6.56. The van der Waals surface area contributed by atoms with E-state index in [-0.39, 0.29) is 25.2 Å². The summed E-state index contributed by atoms with van der Waals surface area (Å²) < 4.78 is 5.03. The van der Waals surface area contributed by atoms with Crippen LogP contribution in [0.4, 0.5) is 0 Å². The highest BCUT2D eigenvalue weighted by Crippen LogP contribution is 2.45. The number of aliphatic carboxylic acids is 2. The first-order chi connectivity index (χ1) is 13.8. The number of carboxylic acid groups (broad SMARTS) is 2. The summed E-state index contributed by atoms with van der Waals surface area (Å²) in [5.41, 5.74) is -0.353. The summed E-state index contributed by atoms with van der Waals surface area (Å²) in [6, 6.07) is 7.51. The van der Waals surface area contributed by atoms with Crippen LogP contribution < -0.4 is 5.32 Å². The minimum Gasteiger partial charge on any atom is -0.481 e. The summed E-state index contributed by atoms with van der Waals surface area (Å²) in [5, 5.41) is 22.4. The first-order valence-electron chi connectivity index (χ1n) is 10.2. The van der Waals surface area contributed by atoms with Gasteiger partial charge >= 0.3 is 11.9 Å². The average molecular weight is 403 g/mol. The molecule has 0 radical (unpaired) electrons. The molecule has 3 N–H and O–H groups in total. The standard InChI is InChI=1S/C22H29NO6/c1-29-11-8-17(18(24)25)12-21(9-4-5-10-21)19(26)23-22(20(27)28)13-15-6-2-3-7-16(15)14-22/h2-3,6-7,17H,4-5,8-14H2,1H3,(H,23,26)(H,24,25)(H,27,28)/t17-/m0/s1. The predicted octanol–water partition coefficient (Wildman–Crippen LogP) is 2.41. The number of rotatable bonds is 9. The minimum absolute atomic E-state index is 0.209. The highest BCUT2D eigenvalue weighted by Gasteiger charge is 2.51. The molecule has 2 aliphatic rings. The second kappa shape index (κ2) is 8.53. The number of hydrogen-bond donors (Lipinski definition) is 3. The Hall–Kier alpha value is -2.41. The number of carbonyl (C=O) groups is 3. The molecule has 0 saturated heterocycles. The molecular formula is C22H29NO6. The van der Waals surface area contributed by atoms with Crippen molar-refractivity contribution in [2.75, 3.05) is 13.7 Å². The van der Waals surface area contributed by atoms with E-state index in [1.54, 1.807) is 0 Å². The van der Waals surface area contributed by atoms with Crippen LogP contribution in [-0.4, -0.2) is 47.3 Å². The van der Waals surface area contributed by atoms with Gasteiger partial charge in [-0.05, 0) is 36.8 Å². The molecule has 2 aliphatic carbocycles. The largest absolute Gasteiger partial charge is 0.481 e. The molecule has 0 spiro atoms. The van der Waals surface area contributed by atoms with Crippen molar-refractivity contribution in [3.63, 3.8) is 0 Å². The molecule has 0 heterocycles. The third kappa shape index (κ3) is 4.29. The van der Waals surface area contributed by atoms with Gasteiger partial charge in [-0.25, -0.2) is 4.79 Å². The van der Waals surface area contributed by atoms with Gasteiger partial charge < -0.3 is 20.3 Å². The van der Waals surface area contributed by atoms with Crippen molar-refractivity contribution in [3.8, 4) is 0 Å². The number of fused-ring (bicyclic) bond motifs is 1. The normalized spacial score (nSPS) is 20.0. The van der Waals surface area contributed by atoms with E-state index in [9.17, 15) is 24.6 Å². The van der Waals surface area contributed by atoms with Gasteiger partial charge in [0.25, 0.3) is 0 Å². The summed E-state index contributed by atoms with van der Waals surface area (Å²) in [5.74, 6) is -3.01. The topological polar surface area (TPSA) is 113 Å². The molecule has 7 nitrogen and oxygen atoms in total. The van der Waals surface area contributed by atoms with Crippen molar-refractivity contribution in [2.45, 2.75) is 56.9 Å². The van der Waals surface area contributed by atoms with Gasteiger partial charge in [0.05, 0.1) is 11.3 Å². The van der Waals surface area contributed by atoms with Crippen molar-refractivity contribution in [1.29, 1.82) is 0 Å². The maximum atomic E-state index is 13.4. The van der Waals surface area contributed by atoms with Crippen LogP contribution in [0.15, 0.2) is 24.3 Å². The Bertz CT molecular complexity index is 758. The van der Waals surface area contributed by atoms with Crippen LogP contribution in [0.5, 0.6) is 0 Å². The monoisotopic (exact) mass is 403 g/mol. The molecule has 0 bridgehead atoms. The Morgan fingerprint density at radius 1 is 1.10 bits per heavy atom. The highest BCUT2D eigenvalue weighted by molar-refractivity contribution is 5.91. The van der Waals surface area contributed by atoms with Crippen LogP contribution in [-0.2, 0) is 32.0 Å². The number of nitrogens with one attached hydrogen (secondary N) is 1. The Morgan fingerprint density at radius 3 is 2.17 bits per heavy atom. The first-order valence-corrected chi connectivity index (χ1v) is 10.2. The summed E-state index contributed by atoms with van der Waals surface area (Å²) in [7, 11) is 1.52. The first kappa shape index (κ1) is 21.3. The second-order valence-corrected chi connectivity index (χ2v) is 8.47. The van der Waals surface area contributed by atoms with Gasteiger partial charge in [0.2, 0.25) is 5.91 Å². The van der Waals surface area contributed by atoms with Crippen LogP contribution >= 0.6 is 0 Å². The van der Waals surface area contributed by atoms with Crippen molar-refractivity contribution in [1.82, 2.24) is 5.32 Å². The van der Waals surface area contributed by atoms with Gasteiger partial charge in [0.15, 0.2) is 0 Å². The van der Waals surface area contributed by atoms with Gasteiger partial charge in [0.1, 0.15) is 5.54 Å². The van der Waals surface area contributed by atoms with Crippen molar-refractivity contribution < 1.29 is 29.3 Å². The summed E-state index contributed by atoms with van der Waals surface area (Å²) in [6.45, 7) is 0.309. The Labute approximate surface area is 170 Å². The Morgan fingerprint density at radius 2 is 1.69 bits per heavy atom. The molecule has 0 unspecified atom stereocenters. The molecule has 1 amide bonds. The second-order valence-electron chi connectivity index (χ2n) is 8.47. The van der Waals surface area contributed by atoms with Crippen LogP contribution in [0.25, 0.3) is 0 Å². The van der Waals surface area contributed by atoms with E-state index in [2.05, 4.69) is 5.32 Å². The minimum atomic E-state index is -1.37. The zero-order chi connectivity index (χ0) is 21.1. The molecule has 1 aromatic rings. The van der Waals surface area contributed by atoms with Crippen LogP contribution in [0.1, 0.15) is 49.7 Å². The van der Waals surface area contributed by atoms with Crippen molar-refractivity contribution >= 4 is 17.8 Å². The van der Waals surface area contributed by atoms with E-state index in [4.69, 9.17) is 4.74 Å². The number of carboxylic acids is 2. The molecule has 0 aliphatic heterocycles. The lowest BCUT2D eigenvalue weighted by Gasteiger charge is -2.35. The molecule has 1 aromatic carbocycles. The quantitative estimate of drug-likeness (QED) is 0.584. The lowest BCUT2D eigenvalue weighted by molar-refractivity contribution is -0.151. The Balaban J connectivity index is 1.82. The fraction of sp³-hybridized carbons (Fsp3) is 0.591. The maximum Gasteiger partial charge on any atom is 0.330 e. The average Bonchev–Trinajstić information content (AvgIpc) is 3.30. The lowest BCUT2D eigenvalue weighted by atomic mass is 9.75. The van der Waals surface area contributed by atoms with Crippen LogP contribution in [0.2, 0.25) is 0 Å². The van der Waals surface area contributed by atoms with Crippen LogP contribution in [0, 0.1) is 11.3 Å². The summed E-state index contributed by atoms with van der Waals surface area (Å²) in [6.07, 6.45) is 3.86. The fourth-order valence-electron chi connectivity index (χ4n) is 4.88. The van der Waals surface area contributed by atoms with Crippen molar-refractivity contribution in [3.05, 3.63) is 35.4 Å². The number of carbonyl (C=O) groups excluding carboxylic acids is 1. The lowest BCUT2D eigenvalue weighted by Crippen LogP contribution is -2.59. The van der Waals surface area contributed by atoms with Gasteiger partial charge in [-0.1, -0.05) is 37.1 Å². The molecule has 0 aromatic heterocycles. The van der Waals surface area contributed by atoms with E-state index in [0.717, 1.165) is 24.0 Å². The predicted molar refractivity (Wildman–Crippen MR) is 105 cm³/mol. The van der Waals surface area contributed by atoms with E-state index >= 15 is 0 Å². The zero-order valence-electron chi connectivity index (χ0n) is 16.8. The van der Waals surface area contributed by atoms with Crippen LogP contribution in [0.3, 0.4) is 0 Å². The molecule has 158 valence electrons. The summed E-state index contributed by atoms with van der Waals surface area (Å²) in [4.78, 5) is 37.4. The van der Waals surface area contributed by atoms with Gasteiger partial charge in [-0.3, -0.25) is 9.59 Å². The number of methoxy groups -OCH3 is 1. The molecule has 1 saturated carbocycles. The molecule has 1 atom stereocenters. The SMILES string of the molecule is COCC[C@@H](CC1(C(=O)NC2(C(=O)O)Cc3ccccc3C2)CCCC1)C(=O)O. The number of amides is 1.